The van der Waals surface area contributed by atoms with E-state index in [1.54, 1.807) is 6.07 Å². The van der Waals surface area contributed by atoms with E-state index in [0.717, 1.165) is 0 Å². The van der Waals surface area contributed by atoms with Gasteiger partial charge in [-0.25, -0.2) is 12.8 Å². The Kier molecular flexibility index (Phi) is 5.13. The Balaban J connectivity index is 1.88. The van der Waals surface area contributed by atoms with Crippen LogP contribution in [-0.4, -0.2) is 37.3 Å². The van der Waals surface area contributed by atoms with Crippen molar-refractivity contribution in [3.05, 3.63) is 34.6 Å². The average Bonchev–Trinajstić information content (AvgIpc) is 2.72. The highest BCUT2D eigenvalue weighted by Crippen LogP contribution is 2.16. The molecule has 1 aromatic rings. The average molecular weight is 350 g/mol. The van der Waals surface area contributed by atoms with Gasteiger partial charge in [0, 0.05) is 11.6 Å². The zero-order chi connectivity index (χ0) is 15.5. The van der Waals surface area contributed by atoms with Crippen molar-refractivity contribution in [2.24, 2.45) is 5.10 Å². The molecule has 0 bridgehead atoms. The van der Waals surface area contributed by atoms with Gasteiger partial charge in [-0.05, 0) is 30.8 Å². The number of thiocarbonyl (C=S) groups is 1. The molecule has 9 heteroatoms. The Labute approximate surface area is 132 Å². The van der Waals surface area contributed by atoms with Crippen LogP contribution in [0.3, 0.4) is 0 Å². The first-order valence-electron chi connectivity index (χ1n) is 6.11. The molecule has 0 amide bonds. The van der Waals surface area contributed by atoms with E-state index in [1.807, 2.05) is 0 Å². The molecule has 0 spiro atoms. The van der Waals surface area contributed by atoms with E-state index in [4.69, 9.17) is 23.8 Å². The van der Waals surface area contributed by atoms with Crippen LogP contribution in [-0.2, 0) is 9.84 Å². The molecule has 1 atom stereocenters. The lowest BCUT2D eigenvalue weighted by Crippen LogP contribution is -2.40. The number of hydrazone groups is 1. The van der Waals surface area contributed by atoms with E-state index in [9.17, 15) is 12.8 Å². The van der Waals surface area contributed by atoms with Crippen molar-refractivity contribution >= 4 is 45.0 Å². The van der Waals surface area contributed by atoms with Crippen LogP contribution in [0.25, 0.3) is 0 Å². The Morgan fingerprint density at radius 3 is 2.90 bits per heavy atom. The van der Waals surface area contributed by atoms with Crippen LogP contribution < -0.4 is 10.7 Å². The second kappa shape index (κ2) is 6.67. The van der Waals surface area contributed by atoms with Gasteiger partial charge in [-0.1, -0.05) is 17.7 Å². The van der Waals surface area contributed by atoms with Crippen LogP contribution >= 0.6 is 23.8 Å². The lowest BCUT2D eigenvalue weighted by Gasteiger charge is -2.12. The number of hydrogen-bond acceptors (Lipinski definition) is 4. The standard InChI is InChI=1S/C12H13ClFN3O2S2/c13-10-2-1-3-11(14)9(10)6-15-17-12(20)16-8-4-5-21(18,19)7-8/h1-3,6,8H,4-5,7H2,(H2,16,17,20). The number of nitrogens with zero attached hydrogens (tertiary/aromatic N) is 1. The van der Waals surface area contributed by atoms with Crippen LogP contribution in [0.1, 0.15) is 12.0 Å². The summed E-state index contributed by atoms with van der Waals surface area (Å²) < 4.78 is 36.1. The van der Waals surface area contributed by atoms with E-state index < -0.39 is 15.7 Å². The topological polar surface area (TPSA) is 70.6 Å². The summed E-state index contributed by atoms with van der Waals surface area (Å²) in [6, 6.07) is 4.09. The summed E-state index contributed by atoms with van der Waals surface area (Å²) in [6.45, 7) is 0. The van der Waals surface area contributed by atoms with Gasteiger partial charge < -0.3 is 5.32 Å². The van der Waals surface area contributed by atoms with Gasteiger partial charge in [0.15, 0.2) is 14.9 Å². The third-order valence-electron chi connectivity index (χ3n) is 2.93. The second-order valence-corrected chi connectivity index (χ2v) is 7.62. The first-order valence-corrected chi connectivity index (χ1v) is 8.72. The van der Waals surface area contributed by atoms with E-state index in [2.05, 4.69) is 15.8 Å². The van der Waals surface area contributed by atoms with Crippen molar-refractivity contribution in [3.8, 4) is 0 Å². The first kappa shape index (κ1) is 16.1. The van der Waals surface area contributed by atoms with Crippen molar-refractivity contribution in [1.29, 1.82) is 0 Å². The van der Waals surface area contributed by atoms with Crippen LogP contribution in [0.5, 0.6) is 0 Å². The monoisotopic (exact) mass is 349 g/mol. The quantitative estimate of drug-likeness (QED) is 0.491. The predicted molar refractivity (Wildman–Crippen MR) is 84.9 cm³/mol. The predicted octanol–water partition coefficient (Wildman–Crippen LogP) is 1.46. The molecule has 114 valence electrons. The normalized spacial score (nSPS) is 20.6. The molecule has 1 fully saturated rings. The third-order valence-corrected chi connectivity index (χ3v) is 5.23. The maximum absolute atomic E-state index is 13.5. The maximum atomic E-state index is 13.5. The Bertz CT molecular complexity index is 659. The molecule has 5 nitrogen and oxygen atoms in total. The molecule has 2 rings (SSSR count). The number of nitrogens with one attached hydrogen (secondary N) is 2. The van der Waals surface area contributed by atoms with Gasteiger partial charge in [0.1, 0.15) is 5.82 Å². The molecule has 0 radical (unpaired) electrons. The van der Waals surface area contributed by atoms with Crippen molar-refractivity contribution in [2.45, 2.75) is 12.5 Å². The van der Waals surface area contributed by atoms with Crippen molar-refractivity contribution in [3.63, 3.8) is 0 Å². The van der Waals surface area contributed by atoms with Crippen molar-refractivity contribution in [1.82, 2.24) is 10.7 Å². The van der Waals surface area contributed by atoms with Crippen molar-refractivity contribution in [2.75, 3.05) is 11.5 Å². The number of hydrogen-bond donors (Lipinski definition) is 2. The largest absolute Gasteiger partial charge is 0.358 e. The summed E-state index contributed by atoms with van der Waals surface area (Å²) in [5.41, 5.74) is 2.66. The number of halogens is 2. The molecule has 1 aromatic carbocycles. The molecule has 21 heavy (non-hydrogen) atoms. The van der Waals surface area contributed by atoms with Crippen LogP contribution in [0, 0.1) is 5.82 Å². The van der Waals surface area contributed by atoms with Gasteiger partial charge in [0.2, 0.25) is 0 Å². The molecule has 1 saturated heterocycles. The lowest BCUT2D eigenvalue weighted by molar-refractivity contribution is 0.600. The van der Waals surface area contributed by atoms with Gasteiger partial charge in [-0.3, -0.25) is 5.43 Å². The van der Waals surface area contributed by atoms with Gasteiger partial charge in [-0.15, -0.1) is 0 Å². The fraction of sp³-hybridized carbons (Fsp3) is 0.333. The van der Waals surface area contributed by atoms with E-state index in [0.29, 0.717) is 6.42 Å². The SMILES string of the molecule is O=S1(=O)CCC(NC(=S)NN=Cc2c(F)cccc2Cl)C1. The second-order valence-electron chi connectivity index (χ2n) is 4.58. The fourth-order valence-electron chi connectivity index (χ4n) is 1.92. The molecule has 0 aliphatic carbocycles. The molecular formula is C12H13ClFN3O2S2. The fourth-order valence-corrected chi connectivity index (χ4v) is 4.02. The molecule has 0 aromatic heterocycles. The minimum absolute atomic E-state index is 0.0532. The van der Waals surface area contributed by atoms with Gasteiger partial charge in [0.25, 0.3) is 0 Å². The Morgan fingerprint density at radius 2 is 2.29 bits per heavy atom. The van der Waals surface area contributed by atoms with Gasteiger partial charge >= 0.3 is 0 Å². The third kappa shape index (κ3) is 4.62. The first-order chi connectivity index (χ1) is 9.87. The highest BCUT2D eigenvalue weighted by atomic mass is 35.5. The van der Waals surface area contributed by atoms with Crippen LogP contribution in [0.15, 0.2) is 23.3 Å². The minimum atomic E-state index is -2.97. The Morgan fingerprint density at radius 1 is 1.52 bits per heavy atom. The summed E-state index contributed by atoms with van der Waals surface area (Å²) in [5, 5.41) is 7.06. The molecule has 2 N–H and O–H groups in total. The number of benzene rings is 1. The zero-order valence-corrected chi connectivity index (χ0v) is 13.2. The smallest absolute Gasteiger partial charge is 0.187 e. The van der Waals surface area contributed by atoms with E-state index in [-0.39, 0.29) is 33.2 Å². The summed E-state index contributed by atoms with van der Waals surface area (Å²) >= 11 is 10.8. The van der Waals surface area contributed by atoms with Crippen molar-refractivity contribution < 1.29 is 12.8 Å². The summed E-state index contributed by atoms with van der Waals surface area (Å²) in [4.78, 5) is 0. The minimum Gasteiger partial charge on any atom is -0.358 e. The molecule has 1 heterocycles. The molecule has 1 aliphatic heterocycles. The molecular weight excluding hydrogens is 337 g/mol. The summed E-state index contributed by atoms with van der Waals surface area (Å²) in [6.07, 6.45) is 1.73. The Hall–Kier alpha value is -1.25. The van der Waals surface area contributed by atoms with Gasteiger partial charge in [-0.2, -0.15) is 5.10 Å². The summed E-state index contributed by atoms with van der Waals surface area (Å²) in [7, 11) is -2.97. The lowest BCUT2D eigenvalue weighted by atomic mass is 10.2. The number of sulfone groups is 1. The van der Waals surface area contributed by atoms with E-state index in [1.165, 1.54) is 18.3 Å². The zero-order valence-electron chi connectivity index (χ0n) is 10.8. The maximum Gasteiger partial charge on any atom is 0.187 e. The van der Waals surface area contributed by atoms with Crippen LogP contribution in [0.2, 0.25) is 5.02 Å². The molecule has 1 unspecified atom stereocenters. The van der Waals surface area contributed by atoms with Gasteiger partial charge in [0.05, 0.1) is 22.7 Å². The summed E-state index contributed by atoms with van der Waals surface area (Å²) in [5.74, 6) is -0.284. The highest BCUT2D eigenvalue weighted by molar-refractivity contribution is 7.91. The van der Waals surface area contributed by atoms with E-state index >= 15 is 0 Å². The molecule has 0 saturated carbocycles. The number of rotatable bonds is 3. The molecule has 1 aliphatic rings. The van der Waals surface area contributed by atoms with Crippen LogP contribution in [0.4, 0.5) is 4.39 Å². The highest BCUT2D eigenvalue weighted by Gasteiger charge is 2.28.